The summed E-state index contributed by atoms with van der Waals surface area (Å²) in [6.45, 7) is 6.69. The number of ether oxygens (including phenoxy) is 1. The maximum absolute atomic E-state index is 11.7. The molecule has 2 heterocycles. The molecule has 2 aliphatic rings. The van der Waals surface area contributed by atoms with E-state index in [0.717, 1.165) is 31.1 Å². The fourth-order valence-electron chi connectivity index (χ4n) is 3.74. The Labute approximate surface area is 155 Å². The summed E-state index contributed by atoms with van der Waals surface area (Å²) in [5.41, 5.74) is 2.37. The van der Waals surface area contributed by atoms with Crippen LogP contribution in [-0.2, 0) is 15.1 Å². The topological polar surface area (TPSA) is 41.9 Å². The number of amidine groups is 1. The molecule has 0 amide bonds. The van der Waals surface area contributed by atoms with Gasteiger partial charge in [-0.1, -0.05) is 31.2 Å². The average molecular weight is 361 g/mol. The zero-order valence-electron chi connectivity index (χ0n) is 15.3. The van der Waals surface area contributed by atoms with Gasteiger partial charge in [-0.25, -0.2) is 0 Å². The summed E-state index contributed by atoms with van der Waals surface area (Å²) in [4.78, 5) is 19.4. The molecule has 0 saturated carbocycles. The fraction of sp³-hybridized carbons (Fsp3) is 0.600. The van der Waals surface area contributed by atoms with Crippen LogP contribution in [-0.4, -0.2) is 47.9 Å². The molecule has 1 aromatic rings. The second-order valence-corrected chi connectivity index (χ2v) is 7.70. The number of benzene rings is 1. The second kappa shape index (κ2) is 8.26. The lowest BCUT2D eigenvalue weighted by molar-refractivity contribution is -0.139. The third-order valence-corrected chi connectivity index (χ3v) is 6.22. The van der Waals surface area contributed by atoms with Crippen LogP contribution in [0.15, 0.2) is 29.3 Å². The molecule has 0 radical (unpaired) electrons. The maximum Gasteiger partial charge on any atom is 0.315 e. The number of thioether (sulfide) groups is 1. The first-order chi connectivity index (χ1) is 12.2. The number of piperidine rings is 1. The molecule has 1 saturated heterocycles. The first-order valence-corrected chi connectivity index (χ1v) is 10.5. The Morgan fingerprint density at radius 1 is 1.24 bits per heavy atom. The van der Waals surface area contributed by atoms with Gasteiger partial charge in [0.1, 0.15) is 5.84 Å². The highest BCUT2D eigenvalue weighted by atomic mass is 32.2. The lowest BCUT2D eigenvalue weighted by Crippen LogP contribution is -2.35. The molecule has 5 heteroatoms. The number of rotatable bonds is 6. The standard InChI is InChI=1S/C20H28N2O2S/c1-3-20(15-25-14-18(23)24-4-2)17-11-7-6-10-16(17)19(21-20)22-12-8-5-9-13-22/h6-7,10-11H,3-5,8-9,12-15H2,1-2H3. The molecule has 3 rings (SSSR count). The van der Waals surface area contributed by atoms with E-state index < -0.39 is 0 Å². The smallest absolute Gasteiger partial charge is 0.315 e. The molecule has 0 aromatic heterocycles. The minimum atomic E-state index is -0.222. The first kappa shape index (κ1) is 18.3. The lowest BCUT2D eigenvalue weighted by Gasteiger charge is -2.29. The lowest BCUT2D eigenvalue weighted by atomic mass is 9.89. The largest absolute Gasteiger partial charge is 0.465 e. The van der Waals surface area contributed by atoms with Gasteiger partial charge in [-0.2, -0.15) is 0 Å². The molecule has 136 valence electrons. The predicted molar refractivity (Wildman–Crippen MR) is 104 cm³/mol. The van der Waals surface area contributed by atoms with E-state index in [1.54, 1.807) is 11.8 Å². The quantitative estimate of drug-likeness (QED) is 0.723. The van der Waals surface area contributed by atoms with Crippen molar-refractivity contribution in [1.82, 2.24) is 4.90 Å². The molecular formula is C20H28N2O2S. The normalized spacial score (nSPS) is 22.5. The number of nitrogens with zero attached hydrogens (tertiary/aromatic N) is 2. The Morgan fingerprint density at radius 3 is 2.72 bits per heavy atom. The van der Waals surface area contributed by atoms with Crippen LogP contribution in [0.4, 0.5) is 0 Å². The van der Waals surface area contributed by atoms with E-state index >= 15 is 0 Å². The van der Waals surface area contributed by atoms with Gasteiger partial charge in [0, 0.05) is 24.4 Å². The summed E-state index contributed by atoms with van der Waals surface area (Å²) < 4.78 is 5.06. The van der Waals surface area contributed by atoms with Gasteiger partial charge in [0.05, 0.1) is 17.9 Å². The van der Waals surface area contributed by atoms with Gasteiger partial charge in [-0.3, -0.25) is 9.79 Å². The molecular weight excluding hydrogens is 332 g/mol. The summed E-state index contributed by atoms with van der Waals surface area (Å²) in [6, 6.07) is 8.63. The average Bonchev–Trinajstić information content (AvgIpc) is 2.98. The van der Waals surface area contributed by atoms with Gasteiger partial charge in [-0.05, 0) is 38.2 Å². The summed E-state index contributed by atoms with van der Waals surface area (Å²) >= 11 is 1.63. The molecule has 0 spiro atoms. The number of aliphatic imine (C=N–C) groups is 1. The molecule has 0 aliphatic carbocycles. The number of hydrogen-bond acceptors (Lipinski definition) is 5. The number of carbonyl (C=O) groups is 1. The maximum atomic E-state index is 11.7. The van der Waals surface area contributed by atoms with Crippen LogP contribution in [0.5, 0.6) is 0 Å². The Kier molecular flexibility index (Phi) is 6.05. The van der Waals surface area contributed by atoms with Crippen molar-refractivity contribution < 1.29 is 9.53 Å². The van der Waals surface area contributed by atoms with Crippen LogP contribution in [0.2, 0.25) is 0 Å². The minimum absolute atomic E-state index is 0.134. The van der Waals surface area contributed by atoms with Gasteiger partial charge >= 0.3 is 5.97 Å². The predicted octanol–water partition coefficient (Wildman–Crippen LogP) is 3.83. The van der Waals surface area contributed by atoms with E-state index in [4.69, 9.17) is 9.73 Å². The van der Waals surface area contributed by atoms with Crippen LogP contribution < -0.4 is 0 Å². The Bertz CT molecular complexity index is 640. The number of fused-ring (bicyclic) bond motifs is 1. The van der Waals surface area contributed by atoms with Crippen molar-refractivity contribution in [3.8, 4) is 0 Å². The highest BCUT2D eigenvalue weighted by Gasteiger charge is 2.40. The number of hydrogen-bond donors (Lipinski definition) is 0. The van der Waals surface area contributed by atoms with Crippen LogP contribution in [0.25, 0.3) is 0 Å². The third kappa shape index (κ3) is 3.86. The fourth-order valence-corrected chi connectivity index (χ4v) is 4.86. The molecule has 0 N–H and O–H groups in total. The Morgan fingerprint density at radius 2 is 2.00 bits per heavy atom. The monoisotopic (exact) mass is 360 g/mol. The Hall–Kier alpha value is -1.49. The first-order valence-electron chi connectivity index (χ1n) is 9.38. The van der Waals surface area contributed by atoms with Crippen molar-refractivity contribution >= 4 is 23.6 Å². The van der Waals surface area contributed by atoms with Crippen LogP contribution in [0.3, 0.4) is 0 Å². The summed E-state index contributed by atoms with van der Waals surface area (Å²) in [5.74, 6) is 2.24. The van der Waals surface area contributed by atoms with E-state index in [9.17, 15) is 4.79 Å². The van der Waals surface area contributed by atoms with Crippen LogP contribution in [0, 0.1) is 0 Å². The molecule has 2 aliphatic heterocycles. The van der Waals surface area contributed by atoms with Crippen LogP contribution in [0.1, 0.15) is 50.7 Å². The molecule has 4 nitrogen and oxygen atoms in total. The number of likely N-dealkylation sites (tertiary alicyclic amines) is 1. The second-order valence-electron chi connectivity index (χ2n) is 6.71. The molecule has 1 atom stereocenters. The summed E-state index contributed by atoms with van der Waals surface area (Å²) in [6.07, 6.45) is 4.76. The van der Waals surface area contributed by atoms with Gasteiger partial charge in [-0.15, -0.1) is 11.8 Å². The summed E-state index contributed by atoms with van der Waals surface area (Å²) in [7, 11) is 0. The van der Waals surface area contributed by atoms with E-state index in [0.29, 0.717) is 12.4 Å². The van der Waals surface area contributed by atoms with Crippen molar-refractivity contribution in [2.24, 2.45) is 4.99 Å². The SMILES string of the molecule is CCOC(=O)CSCC1(CC)N=C(N2CCCCC2)c2ccccc21. The minimum Gasteiger partial charge on any atom is -0.465 e. The van der Waals surface area contributed by atoms with Crippen molar-refractivity contribution in [2.75, 3.05) is 31.2 Å². The van der Waals surface area contributed by atoms with Crippen molar-refractivity contribution in [3.05, 3.63) is 35.4 Å². The van der Waals surface area contributed by atoms with E-state index in [2.05, 4.69) is 36.1 Å². The number of esters is 1. The molecule has 1 unspecified atom stereocenters. The van der Waals surface area contributed by atoms with Gasteiger partial charge < -0.3 is 9.64 Å². The van der Waals surface area contributed by atoms with Gasteiger partial charge in [0.2, 0.25) is 0 Å². The zero-order valence-corrected chi connectivity index (χ0v) is 16.1. The molecule has 1 fully saturated rings. The highest BCUT2D eigenvalue weighted by Crippen LogP contribution is 2.41. The molecule has 1 aromatic carbocycles. The highest BCUT2D eigenvalue weighted by molar-refractivity contribution is 8.00. The van der Waals surface area contributed by atoms with Crippen molar-refractivity contribution in [2.45, 2.75) is 45.1 Å². The van der Waals surface area contributed by atoms with E-state index in [1.165, 1.54) is 30.4 Å². The number of carbonyl (C=O) groups excluding carboxylic acids is 1. The molecule has 0 bridgehead atoms. The van der Waals surface area contributed by atoms with Gasteiger partial charge in [0.15, 0.2) is 0 Å². The zero-order chi connectivity index (χ0) is 17.7. The summed E-state index contributed by atoms with van der Waals surface area (Å²) in [5, 5.41) is 0. The third-order valence-electron chi connectivity index (χ3n) is 5.10. The van der Waals surface area contributed by atoms with Gasteiger partial charge in [0.25, 0.3) is 0 Å². The Balaban J connectivity index is 1.82. The van der Waals surface area contributed by atoms with E-state index in [-0.39, 0.29) is 11.5 Å². The molecule has 25 heavy (non-hydrogen) atoms. The van der Waals surface area contributed by atoms with Crippen molar-refractivity contribution in [1.29, 1.82) is 0 Å². The van der Waals surface area contributed by atoms with E-state index in [1.807, 2.05) is 6.92 Å². The van der Waals surface area contributed by atoms with Crippen LogP contribution >= 0.6 is 11.8 Å². The van der Waals surface area contributed by atoms with Crippen molar-refractivity contribution in [3.63, 3.8) is 0 Å².